The van der Waals surface area contributed by atoms with Gasteiger partial charge in [0.05, 0.1) is 44.1 Å². The number of hydrogen-bond acceptors (Lipinski definition) is 11. The maximum absolute atomic E-state index is 13.2. The molecule has 0 spiro atoms. The monoisotopic (exact) mass is 787 g/mol. The molecule has 0 fully saturated rings. The molecule has 11 nitrogen and oxygen atoms in total. The number of aromatic nitrogens is 1. The second-order valence-electron chi connectivity index (χ2n) is 13.4. The van der Waals surface area contributed by atoms with Gasteiger partial charge in [-0.05, 0) is 117 Å². The molecule has 0 aliphatic rings. The van der Waals surface area contributed by atoms with Crippen LogP contribution in [-0.4, -0.2) is 62.2 Å². The van der Waals surface area contributed by atoms with Crippen LogP contribution in [0.1, 0.15) is 77.6 Å². The number of fused-ring (bicyclic) bond motifs is 3. The van der Waals surface area contributed by atoms with E-state index in [2.05, 4.69) is 13.2 Å². The molecule has 302 valence electrons. The molecule has 0 saturated heterocycles. The molecule has 5 aromatic rings. The van der Waals surface area contributed by atoms with E-state index in [-0.39, 0.29) is 6.61 Å². The summed E-state index contributed by atoms with van der Waals surface area (Å²) in [6.45, 7) is 8.90. The highest BCUT2D eigenvalue weighted by molar-refractivity contribution is 6.10. The second kappa shape index (κ2) is 22.9. The summed E-state index contributed by atoms with van der Waals surface area (Å²) in [6, 6.07) is 25.5. The van der Waals surface area contributed by atoms with Gasteiger partial charge in [-0.25, -0.2) is 19.4 Å². The first kappa shape index (κ1) is 42.6. The topological polar surface area (TPSA) is 137 Å². The minimum absolute atomic E-state index is 0.196. The number of unbranched alkanes of at least 4 members (excludes halogenated alkanes) is 6. The Morgan fingerprint density at radius 3 is 1.69 bits per heavy atom. The molecular weight excluding hydrogens is 739 g/mol. The van der Waals surface area contributed by atoms with Gasteiger partial charge in [0.25, 0.3) is 0 Å². The van der Waals surface area contributed by atoms with Gasteiger partial charge < -0.3 is 28.4 Å². The number of carbonyl (C=O) groups excluding carboxylic acids is 4. The van der Waals surface area contributed by atoms with E-state index in [9.17, 15) is 19.2 Å². The van der Waals surface area contributed by atoms with E-state index >= 15 is 0 Å². The Morgan fingerprint density at radius 2 is 1.10 bits per heavy atom. The Morgan fingerprint density at radius 1 is 0.552 bits per heavy atom. The fourth-order valence-corrected chi connectivity index (χ4v) is 6.04. The third-order valence-corrected chi connectivity index (χ3v) is 9.18. The van der Waals surface area contributed by atoms with E-state index < -0.39 is 17.9 Å². The Hall–Kier alpha value is -6.49. The summed E-state index contributed by atoms with van der Waals surface area (Å²) >= 11 is 0. The number of rotatable bonds is 25. The Balaban J connectivity index is 1.12. The number of aldehydes is 1. The SMILES string of the molecule is C=CC(=O)OCCCCCCOc1ccc(CCOC(=O)c2ccc3c(c2)nc(Oc2ccc(OCCCCCCOC(=O)C=C)cc2)c2cc(C=O)ccc23)cc1. The molecule has 0 radical (unpaired) electrons. The van der Waals surface area contributed by atoms with Crippen molar-refractivity contribution in [1.29, 1.82) is 0 Å². The predicted octanol–water partition coefficient (Wildman–Crippen LogP) is 9.73. The lowest BCUT2D eigenvalue weighted by atomic mass is 10.0. The summed E-state index contributed by atoms with van der Waals surface area (Å²) < 4.78 is 33.6. The normalized spacial score (nSPS) is 10.8. The predicted molar refractivity (Wildman–Crippen MR) is 222 cm³/mol. The maximum Gasteiger partial charge on any atom is 0.338 e. The number of ether oxygens (including phenoxy) is 6. The molecule has 0 aliphatic carbocycles. The summed E-state index contributed by atoms with van der Waals surface area (Å²) in [5.41, 5.74) is 2.39. The van der Waals surface area contributed by atoms with Gasteiger partial charge in [-0.2, -0.15) is 0 Å². The first-order valence-electron chi connectivity index (χ1n) is 19.6. The lowest BCUT2D eigenvalue weighted by Gasteiger charge is -2.13. The molecule has 1 heterocycles. The zero-order valence-corrected chi connectivity index (χ0v) is 32.7. The van der Waals surface area contributed by atoms with Crippen LogP contribution in [0.15, 0.2) is 110 Å². The Labute approximate surface area is 338 Å². The van der Waals surface area contributed by atoms with Gasteiger partial charge in [0.1, 0.15) is 23.5 Å². The molecule has 0 N–H and O–H groups in total. The van der Waals surface area contributed by atoms with Crippen LogP contribution in [0.3, 0.4) is 0 Å². The van der Waals surface area contributed by atoms with Gasteiger partial charge in [-0.15, -0.1) is 0 Å². The average Bonchev–Trinajstić information content (AvgIpc) is 3.25. The maximum atomic E-state index is 13.2. The highest BCUT2D eigenvalue weighted by Gasteiger charge is 2.15. The minimum Gasteiger partial charge on any atom is -0.494 e. The zero-order chi connectivity index (χ0) is 41.0. The van der Waals surface area contributed by atoms with E-state index in [4.69, 9.17) is 33.4 Å². The van der Waals surface area contributed by atoms with Gasteiger partial charge in [0.15, 0.2) is 0 Å². The van der Waals surface area contributed by atoms with Crippen LogP contribution in [0.4, 0.5) is 0 Å². The summed E-state index contributed by atoms with van der Waals surface area (Å²) in [5.74, 6) is 1.03. The number of pyridine rings is 1. The summed E-state index contributed by atoms with van der Waals surface area (Å²) in [4.78, 5) is 51.8. The van der Waals surface area contributed by atoms with Crippen LogP contribution in [0.2, 0.25) is 0 Å². The highest BCUT2D eigenvalue weighted by atomic mass is 16.5. The van der Waals surface area contributed by atoms with E-state index in [1.807, 2.05) is 48.5 Å². The molecule has 4 aromatic carbocycles. The first-order chi connectivity index (χ1) is 28.4. The number of benzene rings is 4. The van der Waals surface area contributed by atoms with Crippen molar-refractivity contribution in [2.75, 3.05) is 33.0 Å². The molecule has 0 bridgehead atoms. The van der Waals surface area contributed by atoms with Crippen LogP contribution >= 0.6 is 0 Å². The molecule has 0 saturated carbocycles. The first-order valence-corrected chi connectivity index (χ1v) is 19.6. The number of esters is 3. The van der Waals surface area contributed by atoms with Gasteiger partial charge in [0.2, 0.25) is 5.88 Å². The van der Waals surface area contributed by atoms with Gasteiger partial charge >= 0.3 is 17.9 Å². The lowest BCUT2D eigenvalue weighted by Crippen LogP contribution is -2.08. The number of carbonyl (C=O) groups is 4. The van der Waals surface area contributed by atoms with Crippen LogP contribution < -0.4 is 14.2 Å². The van der Waals surface area contributed by atoms with E-state index in [0.717, 1.165) is 85.8 Å². The summed E-state index contributed by atoms with van der Waals surface area (Å²) in [5, 5.41) is 2.27. The van der Waals surface area contributed by atoms with Crippen LogP contribution in [0.5, 0.6) is 23.1 Å². The lowest BCUT2D eigenvalue weighted by molar-refractivity contribution is -0.138. The summed E-state index contributed by atoms with van der Waals surface area (Å²) in [6.07, 6.45) is 10.8. The van der Waals surface area contributed by atoms with E-state index in [0.29, 0.717) is 72.3 Å². The molecule has 0 aliphatic heterocycles. The van der Waals surface area contributed by atoms with Crippen molar-refractivity contribution in [2.24, 2.45) is 0 Å². The summed E-state index contributed by atoms with van der Waals surface area (Å²) in [7, 11) is 0. The van der Waals surface area contributed by atoms with Crippen molar-refractivity contribution in [3.8, 4) is 23.1 Å². The molecule has 11 heteroatoms. The molecule has 0 atom stereocenters. The third kappa shape index (κ3) is 13.3. The van der Waals surface area contributed by atoms with Crippen LogP contribution in [-0.2, 0) is 30.2 Å². The van der Waals surface area contributed by atoms with Crippen molar-refractivity contribution in [3.63, 3.8) is 0 Å². The van der Waals surface area contributed by atoms with Gasteiger partial charge in [0, 0.05) is 34.9 Å². The smallest absolute Gasteiger partial charge is 0.338 e. The quantitative estimate of drug-likeness (QED) is 0.0140. The van der Waals surface area contributed by atoms with Crippen molar-refractivity contribution < 1.29 is 47.6 Å². The molecule has 58 heavy (non-hydrogen) atoms. The minimum atomic E-state index is -0.467. The standard InChI is InChI=1S/C47H49NO10/c1-3-44(50)55-28-11-7-5-9-26-53-37-17-13-34(14-18-37)25-30-57-47(52)36-16-24-41-40-23-15-35(33-49)31-42(40)46(48-43(41)32-36)58-39-21-19-38(20-22-39)54-27-10-6-8-12-29-56-45(51)4-2/h3-4,13-24,31-33H,1-2,5-12,25-30H2. The van der Waals surface area contributed by atoms with E-state index in [1.165, 1.54) is 6.08 Å². The third-order valence-electron chi connectivity index (χ3n) is 9.18. The van der Waals surface area contributed by atoms with Gasteiger partial charge in [-0.3, -0.25) is 4.79 Å². The molecule has 0 unspecified atom stereocenters. The van der Waals surface area contributed by atoms with Crippen molar-refractivity contribution in [1.82, 2.24) is 4.98 Å². The Bertz CT molecular complexity index is 2160. The van der Waals surface area contributed by atoms with Crippen LogP contribution in [0.25, 0.3) is 21.7 Å². The Kier molecular flexibility index (Phi) is 16.8. The van der Waals surface area contributed by atoms with Gasteiger partial charge in [-0.1, -0.05) is 43.5 Å². The number of nitrogens with zero attached hydrogens (tertiary/aromatic N) is 1. The second-order valence-corrected chi connectivity index (χ2v) is 13.4. The largest absolute Gasteiger partial charge is 0.494 e. The fourth-order valence-electron chi connectivity index (χ4n) is 6.04. The van der Waals surface area contributed by atoms with Crippen molar-refractivity contribution in [3.05, 3.63) is 127 Å². The molecule has 5 rings (SSSR count). The van der Waals surface area contributed by atoms with Crippen LogP contribution in [0, 0.1) is 0 Å². The molecule has 0 amide bonds. The van der Waals surface area contributed by atoms with E-state index in [1.54, 1.807) is 36.4 Å². The zero-order valence-electron chi connectivity index (χ0n) is 32.7. The number of hydrogen-bond donors (Lipinski definition) is 0. The molecular formula is C47H49NO10. The highest BCUT2D eigenvalue weighted by Crippen LogP contribution is 2.35. The fraction of sp³-hybridized carbons (Fsp3) is 0.298. The molecule has 1 aromatic heterocycles. The average molecular weight is 788 g/mol. The van der Waals surface area contributed by atoms with Crippen molar-refractivity contribution in [2.45, 2.75) is 57.8 Å². The van der Waals surface area contributed by atoms with Crippen molar-refractivity contribution >= 4 is 45.9 Å².